The summed E-state index contributed by atoms with van der Waals surface area (Å²) in [6.07, 6.45) is 3.25. The van der Waals surface area contributed by atoms with E-state index in [1.54, 1.807) is 25.6 Å². The molecule has 65 valence electrons. The molecule has 2 rings (SSSR count). The predicted molar refractivity (Wildman–Crippen MR) is 46.7 cm³/mol. The van der Waals surface area contributed by atoms with Crippen molar-refractivity contribution in [3.8, 4) is 11.4 Å². The number of benzene rings is 1. The van der Waals surface area contributed by atoms with Crippen molar-refractivity contribution in [3.05, 3.63) is 36.7 Å². The van der Waals surface area contributed by atoms with Crippen molar-refractivity contribution < 1.29 is 4.74 Å². The molecule has 1 aromatic heterocycles. The molecule has 2 aromatic rings. The molecule has 0 saturated heterocycles. The molecule has 0 fully saturated rings. The van der Waals surface area contributed by atoms with E-state index in [2.05, 4.69) is 16.3 Å². The maximum absolute atomic E-state index is 5.01. The number of rotatable bonds is 2. The van der Waals surface area contributed by atoms with E-state index in [0.717, 1.165) is 11.4 Å². The van der Waals surface area contributed by atoms with Gasteiger partial charge in [-0.3, -0.25) is 0 Å². The van der Waals surface area contributed by atoms with E-state index in [1.165, 1.54) is 4.80 Å². The van der Waals surface area contributed by atoms with Gasteiger partial charge in [0.15, 0.2) is 0 Å². The van der Waals surface area contributed by atoms with E-state index in [-0.39, 0.29) is 0 Å². The molecule has 0 unspecified atom stereocenters. The Morgan fingerprint density at radius 1 is 1.31 bits per heavy atom. The number of hydrogen-bond donors (Lipinski definition) is 0. The molecule has 4 heteroatoms. The van der Waals surface area contributed by atoms with Crippen molar-refractivity contribution in [2.24, 2.45) is 0 Å². The number of methoxy groups -OCH3 is 1. The molecule has 0 amide bonds. The van der Waals surface area contributed by atoms with Crippen LogP contribution in [0.15, 0.2) is 30.6 Å². The smallest absolute Gasteiger partial charge is 0.119 e. The summed E-state index contributed by atoms with van der Waals surface area (Å²) in [5.74, 6) is 0.774. The van der Waals surface area contributed by atoms with Crippen LogP contribution in [0.1, 0.15) is 0 Å². The third-order valence-electron chi connectivity index (χ3n) is 1.64. The van der Waals surface area contributed by atoms with Crippen LogP contribution >= 0.6 is 0 Å². The van der Waals surface area contributed by atoms with Gasteiger partial charge in [0.2, 0.25) is 0 Å². The highest BCUT2D eigenvalue weighted by Gasteiger charge is 1.97. The van der Waals surface area contributed by atoms with Crippen molar-refractivity contribution in [2.45, 2.75) is 0 Å². The highest BCUT2D eigenvalue weighted by molar-refractivity contribution is 5.34. The number of ether oxygens (including phenoxy) is 1. The van der Waals surface area contributed by atoms with Crippen LogP contribution in [0.25, 0.3) is 5.69 Å². The zero-order valence-electron chi connectivity index (χ0n) is 7.14. The maximum Gasteiger partial charge on any atom is 0.119 e. The summed E-state index contributed by atoms with van der Waals surface area (Å²) in [6.45, 7) is 0. The Kier molecular flexibility index (Phi) is 1.96. The van der Waals surface area contributed by atoms with Crippen LogP contribution in [-0.2, 0) is 0 Å². The first-order valence-electron chi connectivity index (χ1n) is 3.82. The Balaban J connectivity index is 2.33. The van der Waals surface area contributed by atoms with Gasteiger partial charge in [-0.1, -0.05) is 0 Å². The van der Waals surface area contributed by atoms with Crippen molar-refractivity contribution >= 4 is 0 Å². The van der Waals surface area contributed by atoms with E-state index in [4.69, 9.17) is 4.74 Å². The van der Waals surface area contributed by atoms with Crippen LogP contribution < -0.4 is 4.74 Å². The van der Waals surface area contributed by atoms with E-state index >= 15 is 0 Å². The third kappa shape index (κ3) is 1.51. The standard InChI is InChI=1S/C9H8N3O/c1-13-9-4-2-8(3-5-9)12-10-6-7-11-12/h2,4-7H,1H3. The molecule has 1 aromatic carbocycles. The largest absolute Gasteiger partial charge is 0.497 e. The summed E-state index contributed by atoms with van der Waals surface area (Å²) < 4.78 is 5.01. The van der Waals surface area contributed by atoms with Crippen LogP contribution in [-0.4, -0.2) is 22.1 Å². The molecular weight excluding hydrogens is 166 g/mol. The number of aromatic nitrogens is 3. The fourth-order valence-electron chi connectivity index (χ4n) is 0.994. The minimum atomic E-state index is 0.774. The van der Waals surface area contributed by atoms with Crippen molar-refractivity contribution in [1.29, 1.82) is 0 Å². The molecule has 1 radical (unpaired) electrons. The van der Waals surface area contributed by atoms with Crippen LogP contribution in [0.4, 0.5) is 0 Å². The molecule has 0 N–H and O–H groups in total. The SMILES string of the molecule is COc1c[c]c(-n2nccn2)cc1. The zero-order valence-corrected chi connectivity index (χ0v) is 7.14. The molecule has 0 aliphatic heterocycles. The molecule has 1 heterocycles. The Labute approximate surface area is 75.8 Å². The summed E-state index contributed by atoms with van der Waals surface area (Å²) >= 11 is 0. The zero-order chi connectivity index (χ0) is 9.10. The van der Waals surface area contributed by atoms with Gasteiger partial charge >= 0.3 is 0 Å². The van der Waals surface area contributed by atoms with Crippen LogP contribution in [0, 0.1) is 6.07 Å². The van der Waals surface area contributed by atoms with Gasteiger partial charge in [-0.2, -0.15) is 15.0 Å². The Bertz CT molecular complexity index is 366. The van der Waals surface area contributed by atoms with E-state index in [0.29, 0.717) is 0 Å². The van der Waals surface area contributed by atoms with Gasteiger partial charge in [-0.25, -0.2) is 0 Å². The fourth-order valence-corrected chi connectivity index (χ4v) is 0.994. The first kappa shape index (κ1) is 7.79. The maximum atomic E-state index is 5.01. The molecule has 0 saturated carbocycles. The second-order valence-electron chi connectivity index (χ2n) is 2.43. The van der Waals surface area contributed by atoms with E-state index in [1.807, 2.05) is 12.1 Å². The summed E-state index contributed by atoms with van der Waals surface area (Å²) in [5.41, 5.74) is 0.797. The van der Waals surface area contributed by atoms with Gasteiger partial charge in [0.05, 0.1) is 25.2 Å². The normalized spacial score (nSPS) is 9.92. The molecule has 0 aliphatic rings. The number of hydrogen-bond acceptors (Lipinski definition) is 3. The molecule has 0 aliphatic carbocycles. The second-order valence-corrected chi connectivity index (χ2v) is 2.43. The highest BCUT2D eigenvalue weighted by Crippen LogP contribution is 2.11. The van der Waals surface area contributed by atoms with Crippen LogP contribution in [0.2, 0.25) is 0 Å². The van der Waals surface area contributed by atoms with Crippen molar-refractivity contribution in [3.63, 3.8) is 0 Å². The summed E-state index contributed by atoms with van der Waals surface area (Å²) in [5, 5.41) is 7.95. The predicted octanol–water partition coefficient (Wildman–Crippen LogP) is 1.08. The topological polar surface area (TPSA) is 39.9 Å². The third-order valence-corrected chi connectivity index (χ3v) is 1.64. The van der Waals surface area contributed by atoms with Crippen LogP contribution in [0.3, 0.4) is 0 Å². The summed E-state index contributed by atoms with van der Waals surface area (Å²) in [6, 6.07) is 8.44. The van der Waals surface area contributed by atoms with Gasteiger partial charge in [0, 0.05) is 6.07 Å². The first-order chi connectivity index (χ1) is 6.40. The lowest BCUT2D eigenvalue weighted by Gasteiger charge is -2.00. The van der Waals surface area contributed by atoms with Gasteiger partial charge in [0.25, 0.3) is 0 Å². The summed E-state index contributed by atoms with van der Waals surface area (Å²) in [7, 11) is 1.62. The highest BCUT2D eigenvalue weighted by atomic mass is 16.5. The van der Waals surface area contributed by atoms with Gasteiger partial charge in [-0.15, -0.1) is 0 Å². The van der Waals surface area contributed by atoms with E-state index < -0.39 is 0 Å². The molecule has 13 heavy (non-hydrogen) atoms. The average Bonchev–Trinajstić information content (AvgIpc) is 2.71. The molecule has 0 spiro atoms. The minimum absolute atomic E-state index is 0.774. The quantitative estimate of drug-likeness (QED) is 0.683. The second kappa shape index (κ2) is 3.26. The molecule has 4 nitrogen and oxygen atoms in total. The number of nitrogens with zero attached hydrogens (tertiary/aromatic N) is 3. The van der Waals surface area contributed by atoms with Gasteiger partial charge in [0.1, 0.15) is 5.75 Å². The first-order valence-corrected chi connectivity index (χ1v) is 3.82. The Morgan fingerprint density at radius 3 is 2.62 bits per heavy atom. The molecule has 0 bridgehead atoms. The van der Waals surface area contributed by atoms with E-state index in [9.17, 15) is 0 Å². The molecule has 0 atom stereocenters. The molecular formula is C9H8N3O. The lowest BCUT2D eigenvalue weighted by molar-refractivity contribution is 0.414. The van der Waals surface area contributed by atoms with Gasteiger partial charge in [-0.05, 0) is 18.2 Å². The lowest BCUT2D eigenvalue weighted by atomic mass is 10.3. The lowest BCUT2D eigenvalue weighted by Crippen LogP contribution is -1.97. The van der Waals surface area contributed by atoms with Crippen LogP contribution in [0.5, 0.6) is 5.75 Å². The fraction of sp³-hybridized carbons (Fsp3) is 0.111. The minimum Gasteiger partial charge on any atom is -0.497 e. The Hall–Kier alpha value is -1.84. The Morgan fingerprint density at radius 2 is 2.08 bits per heavy atom. The average molecular weight is 174 g/mol. The summed E-state index contributed by atoms with van der Waals surface area (Å²) in [4.78, 5) is 1.50. The van der Waals surface area contributed by atoms with Crippen molar-refractivity contribution in [1.82, 2.24) is 15.0 Å². The van der Waals surface area contributed by atoms with Gasteiger partial charge < -0.3 is 4.74 Å². The monoisotopic (exact) mass is 174 g/mol. The van der Waals surface area contributed by atoms with Crippen molar-refractivity contribution in [2.75, 3.05) is 7.11 Å².